The molecule has 0 saturated heterocycles. The predicted molar refractivity (Wildman–Crippen MR) is 70.0 cm³/mol. The Morgan fingerprint density at radius 3 is 3.00 bits per heavy atom. The molecule has 6 heteroatoms. The van der Waals surface area contributed by atoms with Crippen molar-refractivity contribution in [1.29, 1.82) is 0 Å². The van der Waals surface area contributed by atoms with Crippen molar-refractivity contribution in [3.63, 3.8) is 0 Å². The van der Waals surface area contributed by atoms with Crippen molar-refractivity contribution in [3.8, 4) is 5.75 Å². The molecule has 0 bridgehead atoms. The number of aliphatic hydroxyl groups excluding tert-OH is 2. The largest absolute Gasteiger partial charge is 0.482 e. The van der Waals surface area contributed by atoms with E-state index in [-0.39, 0.29) is 31.8 Å². The van der Waals surface area contributed by atoms with Gasteiger partial charge in [-0.1, -0.05) is 6.07 Å². The molecule has 19 heavy (non-hydrogen) atoms. The van der Waals surface area contributed by atoms with Crippen molar-refractivity contribution in [3.05, 3.63) is 23.8 Å². The number of amides is 1. The molecule has 1 aromatic carbocycles. The highest BCUT2D eigenvalue weighted by Gasteiger charge is 2.16. The summed E-state index contributed by atoms with van der Waals surface area (Å²) in [5.74, 6) is 0.503. The summed E-state index contributed by atoms with van der Waals surface area (Å²) in [6.07, 6.45) is 0.501. The number of carbonyl (C=O) groups is 1. The van der Waals surface area contributed by atoms with Gasteiger partial charge in [0.25, 0.3) is 5.91 Å². The Morgan fingerprint density at radius 1 is 1.42 bits per heavy atom. The molecule has 1 aliphatic rings. The third kappa shape index (κ3) is 3.66. The number of fused-ring (bicyclic) bond motifs is 1. The summed E-state index contributed by atoms with van der Waals surface area (Å²) in [6.45, 7) is 0.611. The fourth-order valence-corrected chi connectivity index (χ4v) is 1.92. The quantitative estimate of drug-likeness (QED) is 0.575. The normalized spacial score (nSPS) is 15.4. The summed E-state index contributed by atoms with van der Waals surface area (Å²) >= 11 is 0. The zero-order valence-electron chi connectivity index (χ0n) is 10.6. The molecular weight excluding hydrogens is 248 g/mol. The lowest BCUT2D eigenvalue weighted by atomic mass is 10.1. The number of carbonyl (C=O) groups excluding carboxylic acids is 1. The molecule has 2 rings (SSSR count). The van der Waals surface area contributed by atoms with Gasteiger partial charge in [-0.25, -0.2) is 0 Å². The minimum absolute atomic E-state index is 0.0225. The number of nitrogens with one attached hydrogen (secondary N) is 2. The molecule has 0 aromatic heterocycles. The van der Waals surface area contributed by atoms with Crippen molar-refractivity contribution in [2.24, 2.45) is 0 Å². The molecule has 1 heterocycles. The van der Waals surface area contributed by atoms with Gasteiger partial charge in [0.15, 0.2) is 6.61 Å². The first-order chi connectivity index (χ1) is 9.22. The van der Waals surface area contributed by atoms with Crippen LogP contribution in [0.15, 0.2) is 18.2 Å². The highest BCUT2D eigenvalue weighted by atomic mass is 16.5. The van der Waals surface area contributed by atoms with Crippen LogP contribution in [0.25, 0.3) is 0 Å². The minimum atomic E-state index is -0.161. The van der Waals surface area contributed by atoms with Crippen LogP contribution in [0.3, 0.4) is 0 Å². The number of benzene rings is 1. The van der Waals surface area contributed by atoms with E-state index < -0.39 is 0 Å². The van der Waals surface area contributed by atoms with Gasteiger partial charge in [-0.05, 0) is 24.1 Å². The topological polar surface area (TPSA) is 90.8 Å². The zero-order chi connectivity index (χ0) is 13.7. The summed E-state index contributed by atoms with van der Waals surface area (Å²) in [5.41, 5.74) is 1.64. The van der Waals surface area contributed by atoms with Crippen LogP contribution in [0.2, 0.25) is 0 Å². The summed E-state index contributed by atoms with van der Waals surface area (Å²) in [6, 6.07) is 5.42. The molecule has 1 aromatic rings. The van der Waals surface area contributed by atoms with Crippen molar-refractivity contribution < 1.29 is 19.7 Å². The first kappa shape index (κ1) is 13.8. The summed E-state index contributed by atoms with van der Waals surface area (Å²) in [7, 11) is 0. The molecule has 4 N–H and O–H groups in total. The molecule has 0 fully saturated rings. The average molecular weight is 266 g/mol. The van der Waals surface area contributed by atoms with E-state index in [9.17, 15) is 4.79 Å². The van der Waals surface area contributed by atoms with Gasteiger partial charge in [0.2, 0.25) is 0 Å². The first-order valence-electron chi connectivity index (χ1n) is 6.23. The zero-order valence-corrected chi connectivity index (χ0v) is 10.6. The molecule has 0 saturated carbocycles. The molecule has 104 valence electrons. The van der Waals surface area contributed by atoms with Crippen molar-refractivity contribution in [1.82, 2.24) is 5.32 Å². The van der Waals surface area contributed by atoms with Crippen LogP contribution in [-0.2, 0) is 11.3 Å². The third-order valence-corrected chi connectivity index (χ3v) is 2.97. The molecule has 1 amide bonds. The molecule has 0 spiro atoms. The van der Waals surface area contributed by atoms with E-state index in [1.807, 2.05) is 18.2 Å². The van der Waals surface area contributed by atoms with Crippen molar-refractivity contribution >= 4 is 11.6 Å². The second-order valence-electron chi connectivity index (χ2n) is 4.44. The van der Waals surface area contributed by atoms with Gasteiger partial charge in [0.05, 0.1) is 12.3 Å². The lowest BCUT2D eigenvalue weighted by Gasteiger charge is -2.19. The first-order valence-corrected chi connectivity index (χ1v) is 6.23. The highest BCUT2D eigenvalue weighted by Crippen LogP contribution is 2.28. The van der Waals surface area contributed by atoms with Crippen LogP contribution in [0.5, 0.6) is 5.75 Å². The number of hydrogen-bond acceptors (Lipinski definition) is 5. The van der Waals surface area contributed by atoms with E-state index in [2.05, 4.69) is 10.6 Å². The van der Waals surface area contributed by atoms with E-state index in [0.717, 1.165) is 5.56 Å². The highest BCUT2D eigenvalue weighted by molar-refractivity contribution is 5.95. The maximum Gasteiger partial charge on any atom is 0.262 e. The average Bonchev–Trinajstić information content (AvgIpc) is 2.43. The Labute approximate surface area is 111 Å². The summed E-state index contributed by atoms with van der Waals surface area (Å²) in [5, 5.41) is 23.8. The Hall–Kier alpha value is -1.63. The van der Waals surface area contributed by atoms with Crippen LogP contribution in [0, 0.1) is 0 Å². The summed E-state index contributed by atoms with van der Waals surface area (Å²) < 4.78 is 5.27. The molecule has 1 unspecified atom stereocenters. The van der Waals surface area contributed by atoms with Crippen LogP contribution < -0.4 is 15.4 Å². The van der Waals surface area contributed by atoms with Crippen LogP contribution >= 0.6 is 0 Å². The number of rotatable bonds is 6. The number of aliphatic hydroxyl groups is 2. The second-order valence-corrected chi connectivity index (χ2v) is 4.44. The lowest BCUT2D eigenvalue weighted by Crippen LogP contribution is -2.33. The molecule has 1 atom stereocenters. The predicted octanol–water partition coefficient (Wildman–Crippen LogP) is -0.150. The third-order valence-electron chi connectivity index (χ3n) is 2.97. The van der Waals surface area contributed by atoms with Gasteiger partial charge >= 0.3 is 0 Å². The monoisotopic (exact) mass is 266 g/mol. The fraction of sp³-hybridized carbons (Fsp3) is 0.462. The molecule has 6 nitrogen and oxygen atoms in total. The van der Waals surface area contributed by atoms with Gasteiger partial charge in [-0.15, -0.1) is 0 Å². The number of ether oxygens (including phenoxy) is 1. The smallest absolute Gasteiger partial charge is 0.262 e. The molecule has 0 radical (unpaired) electrons. The number of hydrogen-bond donors (Lipinski definition) is 4. The SMILES string of the molecule is O=C1COc2ccc(CNC(CO)CCO)cc2N1. The van der Waals surface area contributed by atoms with Crippen molar-refractivity contribution in [2.45, 2.75) is 19.0 Å². The minimum Gasteiger partial charge on any atom is -0.482 e. The van der Waals surface area contributed by atoms with Crippen LogP contribution in [0.4, 0.5) is 5.69 Å². The Bertz CT molecular complexity index is 450. The summed E-state index contributed by atoms with van der Waals surface area (Å²) in [4.78, 5) is 11.2. The van der Waals surface area contributed by atoms with E-state index in [0.29, 0.717) is 24.4 Å². The van der Waals surface area contributed by atoms with E-state index in [4.69, 9.17) is 14.9 Å². The van der Waals surface area contributed by atoms with E-state index >= 15 is 0 Å². The molecule has 0 aliphatic carbocycles. The molecular formula is C13H18N2O4. The maximum atomic E-state index is 11.2. The molecule has 1 aliphatic heterocycles. The lowest BCUT2D eigenvalue weighted by molar-refractivity contribution is -0.118. The Morgan fingerprint density at radius 2 is 2.26 bits per heavy atom. The Kier molecular flexibility index (Phi) is 4.73. The number of anilines is 1. The van der Waals surface area contributed by atoms with Gasteiger partial charge in [0, 0.05) is 19.2 Å². The van der Waals surface area contributed by atoms with Gasteiger partial charge in [0.1, 0.15) is 5.75 Å². The second kappa shape index (κ2) is 6.51. The van der Waals surface area contributed by atoms with Crippen LogP contribution in [0.1, 0.15) is 12.0 Å². The van der Waals surface area contributed by atoms with Gasteiger partial charge < -0.3 is 25.6 Å². The standard InChI is InChI=1S/C13H18N2O4/c16-4-3-10(7-17)14-6-9-1-2-12-11(5-9)15-13(18)8-19-12/h1-2,5,10,14,16-17H,3-4,6-8H2,(H,15,18). The fourth-order valence-electron chi connectivity index (χ4n) is 1.92. The van der Waals surface area contributed by atoms with E-state index in [1.165, 1.54) is 0 Å². The van der Waals surface area contributed by atoms with Crippen LogP contribution in [-0.4, -0.2) is 42.0 Å². The van der Waals surface area contributed by atoms with Crippen molar-refractivity contribution in [2.75, 3.05) is 25.1 Å². The van der Waals surface area contributed by atoms with Gasteiger partial charge in [-0.2, -0.15) is 0 Å². The van der Waals surface area contributed by atoms with E-state index in [1.54, 1.807) is 0 Å². The maximum absolute atomic E-state index is 11.2. The Balaban J connectivity index is 1.98. The van der Waals surface area contributed by atoms with Gasteiger partial charge in [-0.3, -0.25) is 4.79 Å².